The second-order valence-electron chi connectivity index (χ2n) is 6.90. The fourth-order valence-electron chi connectivity index (χ4n) is 3.41. The van der Waals surface area contributed by atoms with Gasteiger partial charge in [-0.15, -0.1) is 0 Å². The normalized spacial score (nSPS) is 15.7. The van der Waals surface area contributed by atoms with Gasteiger partial charge in [0.1, 0.15) is 17.3 Å². The number of hydrogen-bond acceptors (Lipinski definition) is 5. The largest absolute Gasteiger partial charge is 0.497 e. The highest BCUT2D eigenvalue weighted by Crippen LogP contribution is 2.25. The van der Waals surface area contributed by atoms with Crippen LogP contribution in [0, 0.1) is 5.82 Å². The highest BCUT2D eigenvalue weighted by atomic mass is 19.1. The standard InChI is InChI=1S/C23H27FN2O4/c1-28-20-9-5-18(22(15-20)29-2)6-10-23(27)25-16-21(26-11-13-30-14-12-26)17-3-7-19(24)8-4-17/h3-10,15,21H,11-14,16H2,1-2H3,(H,25,27)/b10-6+. The van der Waals surface area contributed by atoms with Crippen molar-refractivity contribution in [2.24, 2.45) is 0 Å². The highest BCUT2D eigenvalue weighted by molar-refractivity contribution is 5.92. The third-order valence-electron chi connectivity index (χ3n) is 5.07. The van der Waals surface area contributed by atoms with Gasteiger partial charge in [0, 0.05) is 37.3 Å². The monoisotopic (exact) mass is 414 g/mol. The van der Waals surface area contributed by atoms with Crippen molar-refractivity contribution < 1.29 is 23.4 Å². The van der Waals surface area contributed by atoms with Gasteiger partial charge in [0.25, 0.3) is 0 Å². The summed E-state index contributed by atoms with van der Waals surface area (Å²) in [6, 6.07) is 11.8. The Morgan fingerprint density at radius 3 is 2.57 bits per heavy atom. The van der Waals surface area contributed by atoms with Gasteiger partial charge in [-0.25, -0.2) is 4.39 Å². The van der Waals surface area contributed by atoms with E-state index in [1.54, 1.807) is 38.5 Å². The van der Waals surface area contributed by atoms with Crippen LogP contribution >= 0.6 is 0 Å². The zero-order chi connectivity index (χ0) is 21.3. The van der Waals surface area contributed by atoms with Gasteiger partial charge in [0.15, 0.2) is 0 Å². The molecule has 1 unspecified atom stereocenters. The smallest absolute Gasteiger partial charge is 0.244 e. The van der Waals surface area contributed by atoms with E-state index in [0.717, 1.165) is 24.2 Å². The Labute approximate surface area is 176 Å². The first-order chi connectivity index (χ1) is 14.6. The Kier molecular flexibility index (Phi) is 7.82. The molecule has 1 aliphatic heterocycles. The lowest BCUT2D eigenvalue weighted by Gasteiger charge is -2.34. The quantitative estimate of drug-likeness (QED) is 0.673. The minimum absolute atomic E-state index is 0.0534. The van der Waals surface area contributed by atoms with Gasteiger partial charge < -0.3 is 19.5 Å². The molecular weight excluding hydrogens is 387 g/mol. The molecule has 0 bridgehead atoms. The van der Waals surface area contributed by atoms with Crippen LogP contribution in [0.4, 0.5) is 4.39 Å². The molecule has 160 valence electrons. The third kappa shape index (κ3) is 5.81. The van der Waals surface area contributed by atoms with E-state index < -0.39 is 0 Å². The highest BCUT2D eigenvalue weighted by Gasteiger charge is 2.23. The van der Waals surface area contributed by atoms with Gasteiger partial charge >= 0.3 is 0 Å². The van der Waals surface area contributed by atoms with Gasteiger partial charge in [-0.05, 0) is 35.9 Å². The van der Waals surface area contributed by atoms with Gasteiger partial charge in [-0.3, -0.25) is 9.69 Å². The van der Waals surface area contributed by atoms with E-state index in [2.05, 4.69) is 10.2 Å². The zero-order valence-electron chi connectivity index (χ0n) is 17.3. The molecule has 1 saturated heterocycles. The van der Waals surface area contributed by atoms with Crippen molar-refractivity contribution in [3.63, 3.8) is 0 Å². The minimum atomic E-state index is -0.278. The first kappa shape index (κ1) is 21.8. The zero-order valence-corrected chi connectivity index (χ0v) is 17.3. The SMILES string of the molecule is COc1ccc(/C=C/C(=O)NCC(c2ccc(F)cc2)N2CCOCC2)c(OC)c1. The summed E-state index contributed by atoms with van der Waals surface area (Å²) in [5, 5.41) is 2.96. The molecule has 0 radical (unpaired) electrons. The molecule has 1 aliphatic rings. The lowest BCUT2D eigenvalue weighted by Crippen LogP contribution is -2.43. The summed E-state index contributed by atoms with van der Waals surface area (Å²) in [5.74, 6) is 0.810. The molecule has 2 aromatic rings. The van der Waals surface area contributed by atoms with Crippen molar-refractivity contribution in [2.75, 3.05) is 47.1 Å². The summed E-state index contributed by atoms with van der Waals surface area (Å²) >= 11 is 0. The second-order valence-corrected chi connectivity index (χ2v) is 6.90. The third-order valence-corrected chi connectivity index (χ3v) is 5.07. The topological polar surface area (TPSA) is 60.0 Å². The van der Waals surface area contributed by atoms with Crippen LogP contribution in [0.15, 0.2) is 48.5 Å². The van der Waals surface area contributed by atoms with Gasteiger partial charge in [0.2, 0.25) is 5.91 Å². The second kappa shape index (κ2) is 10.8. The summed E-state index contributed by atoms with van der Waals surface area (Å²) in [7, 11) is 3.16. The number of amides is 1. The van der Waals surface area contributed by atoms with Crippen LogP contribution in [0.3, 0.4) is 0 Å². The van der Waals surface area contributed by atoms with E-state index in [1.165, 1.54) is 18.2 Å². The molecule has 1 amide bonds. The fraction of sp³-hybridized carbons (Fsp3) is 0.348. The number of carbonyl (C=O) groups is 1. The molecule has 6 nitrogen and oxygen atoms in total. The molecule has 0 aromatic heterocycles. The Morgan fingerprint density at radius 2 is 1.90 bits per heavy atom. The van der Waals surface area contributed by atoms with Crippen molar-refractivity contribution in [3.05, 3.63) is 65.5 Å². The number of morpholine rings is 1. The molecule has 1 atom stereocenters. The molecule has 1 heterocycles. The Morgan fingerprint density at radius 1 is 1.17 bits per heavy atom. The molecular formula is C23H27FN2O4. The Bertz CT molecular complexity index is 864. The number of benzene rings is 2. The number of methoxy groups -OCH3 is 2. The van der Waals surface area contributed by atoms with Crippen molar-refractivity contribution >= 4 is 12.0 Å². The summed E-state index contributed by atoms with van der Waals surface area (Å²) in [6.45, 7) is 3.22. The molecule has 0 spiro atoms. The minimum Gasteiger partial charge on any atom is -0.497 e. The average Bonchev–Trinajstić information content (AvgIpc) is 2.79. The van der Waals surface area contributed by atoms with Crippen molar-refractivity contribution in [2.45, 2.75) is 6.04 Å². The summed E-state index contributed by atoms with van der Waals surface area (Å²) in [4.78, 5) is 14.7. The molecule has 2 aromatic carbocycles. The number of hydrogen-bond donors (Lipinski definition) is 1. The summed E-state index contributed by atoms with van der Waals surface area (Å²) in [5.41, 5.74) is 1.73. The maximum absolute atomic E-state index is 13.3. The number of carbonyl (C=O) groups excluding carboxylic acids is 1. The van der Waals surface area contributed by atoms with Gasteiger partial charge in [0.05, 0.1) is 33.5 Å². The fourth-order valence-corrected chi connectivity index (χ4v) is 3.41. The molecule has 0 aliphatic carbocycles. The van der Waals surface area contributed by atoms with E-state index in [1.807, 2.05) is 12.1 Å². The summed E-state index contributed by atoms with van der Waals surface area (Å²) < 4.78 is 29.3. The van der Waals surface area contributed by atoms with Gasteiger partial charge in [-0.1, -0.05) is 12.1 Å². The van der Waals surface area contributed by atoms with E-state index in [9.17, 15) is 9.18 Å². The lowest BCUT2D eigenvalue weighted by atomic mass is 10.0. The maximum Gasteiger partial charge on any atom is 0.244 e. The van der Waals surface area contributed by atoms with Crippen LogP contribution in [-0.4, -0.2) is 57.9 Å². The Hall–Kier alpha value is -2.90. The van der Waals surface area contributed by atoms with E-state index in [0.29, 0.717) is 31.3 Å². The van der Waals surface area contributed by atoms with Crippen LogP contribution in [0.5, 0.6) is 11.5 Å². The number of ether oxygens (including phenoxy) is 3. The maximum atomic E-state index is 13.3. The van der Waals surface area contributed by atoms with Crippen LogP contribution in [0.1, 0.15) is 17.2 Å². The van der Waals surface area contributed by atoms with E-state index >= 15 is 0 Å². The molecule has 1 fully saturated rings. The predicted molar refractivity (Wildman–Crippen MR) is 113 cm³/mol. The predicted octanol–water partition coefficient (Wildman–Crippen LogP) is 3.05. The lowest BCUT2D eigenvalue weighted by molar-refractivity contribution is -0.116. The number of nitrogens with zero attached hydrogens (tertiary/aromatic N) is 1. The van der Waals surface area contributed by atoms with Crippen molar-refractivity contribution in [3.8, 4) is 11.5 Å². The number of nitrogens with one attached hydrogen (secondary N) is 1. The van der Waals surface area contributed by atoms with Crippen LogP contribution in [0.2, 0.25) is 0 Å². The molecule has 0 saturated carbocycles. The first-order valence-corrected chi connectivity index (χ1v) is 9.86. The Balaban J connectivity index is 1.66. The van der Waals surface area contributed by atoms with Crippen molar-refractivity contribution in [1.29, 1.82) is 0 Å². The van der Waals surface area contributed by atoms with Crippen LogP contribution < -0.4 is 14.8 Å². The number of rotatable bonds is 8. The number of halogens is 1. The molecule has 7 heteroatoms. The molecule has 3 rings (SSSR count). The van der Waals surface area contributed by atoms with Gasteiger partial charge in [-0.2, -0.15) is 0 Å². The first-order valence-electron chi connectivity index (χ1n) is 9.86. The van der Waals surface area contributed by atoms with E-state index in [4.69, 9.17) is 14.2 Å². The summed E-state index contributed by atoms with van der Waals surface area (Å²) in [6.07, 6.45) is 3.18. The molecule has 1 N–H and O–H groups in total. The van der Waals surface area contributed by atoms with Crippen LogP contribution in [0.25, 0.3) is 6.08 Å². The van der Waals surface area contributed by atoms with E-state index in [-0.39, 0.29) is 17.8 Å². The van der Waals surface area contributed by atoms with Crippen LogP contribution in [-0.2, 0) is 9.53 Å². The van der Waals surface area contributed by atoms with Crippen molar-refractivity contribution in [1.82, 2.24) is 10.2 Å². The molecule has 30 heavy (non-hydrogen) atoms. The average molecular weight is 414 g/mol.